The third kappa shape index (κ3) is 8.37. The number of hydrogen-bond acceptors (Lipinski definition) is 6. The van der Waals surface area contributed by atoms with Gasteiger partial charge < -0.3 is 19.7 Å². The number of sulfonamides is 1. The molecule has 0 fully saturated rings. The van der Waals surface area contributed by atoms with E-state index in [9.17, 15) is 18.0 Å². The summed E-state index contributed by atoms with van der Waals surface area (Å²) in [6.45, 7) is 6.60. The number of ether oxygens (including phenoxy) is 2. The average Bonchev–Trinajstić information content (AvgIpc) is 2.93. The summed E-state index contributed by atoms with van der Waals surface area (Å²) in [6, 6.07) is 18.3. The molecule has 0 aliphatic rings. The predicted molar refractivity (Wildman–Crippen MR) is 160 cm³/mol. The quantitative estimate of drug-likeness (QED) is 0.336. The predicted octanol–water partition coefficient (Wildman–Crippen LogP) is 4.88. The number of anilines is 1. The highest BCUT2D eigenvalue weighted by atomic mass is 35.5. The first-order valence-corrected chi connectivity index (χ1v) is 14.7. The van der Waals surface area contributed by atoms with E-state index in [1.165, 1.54) is 49.5 Å². The lowest BCUT2D eigenvalue weighted by molar-refractivity contribution is -0.140. The lowest BCUT2D eigenvalue weighted by Gasteiger charge is -2.33. The van der Waals surface area contributed by atoms with Crippen LogP contribution in [0, 0.1) is 0 Å². The average molecular weight is 602 g/mol. The topological polar surface area (TPSA) is 105 Å². The van der Waals surface area contributed by atoms with E-state index in [0.29, 0.717) is 22.1 Å². The Labute approximate surface area is 247 Å². The monoisotopic (exact) mass is 601 g/mol. The zero-order chi connectivity index (χ0) is 30.4. The molecule has 0 saturated carbocycles. The lowest BCUT2D eigenvalue weighted by atomic mass is 10.1. The summed E-state index contributed by atoms with van der Waals surface area (Å²) in [5, 5.41) is 3.21. The van der Waals surface area contributed by atoms with Crippen LogP contribution in [0.2, 0.25) is 5.02 Å². The van der Waals surface area contributed by atoms with Gasteiger partial charge in [-0.25, -0.2) is 8.42 Å². The fourth-order valence-electron chi connectivity index (χ4n) is 4.06. The Bertz CT molecular complexity index is 1470. The highest BCUT2D eigenvalue weighted by Crippen LogP contribution is 2.28. The maximum atomic E-state index is 14.0. The second-order valence-electron chi connectivity index (χ2n) is 10.5. The summed E-state index contributed by atoms with van der Waals surface area (Å²) in [7, 11) is -1.22. The summed E-state index contributed by atoms with van der Waals surface area (Å²) in [4.78, 5) is 28.5. The van der Waals surface area contributed by atoms with Crippen LogP contribution in [0.3, 0.4) is 0 Å². The van der Waals surface area contributed by atoms with Crippen molar-refractivity contribution in [2.24, 2.45) is 0 Å². The molecule has 0 spiro atoms. The minimum atomic E-state index is -4.23. The summed E-state index contributed by atoms with van der Waals surface area (Å²) >= 11 is 6.21. The van der Waals surface area contributed by atoms with E-state index in [2.05, 4.69) is 5.32 Å². The molecule has 1 N–H and O–H groups in total. The molecule has 2 amide bonds. The Hall–Kier alpha value is -3.76. The highest BCUT2D eigenvalue weighted by Gasteiger charge is 2.33. The van der Waals surface area contributed by atoms with Crippen molar-refractivity contribution in [3.05, 3.63) is 83.4 Å². The number of rotatable bonds is 11. The number of carbonyl (C=O) groups excluding carboxylic acids is 2. The van der Waals surface area contributed by atoms with Gasteiger partial charge >= 0.3 is 0 Å². The number of halogens is 1. The fourth-order valence-corrected chi connectivity index (χ4v) is 5.65. The molecule has 3 aromatic carbocycles. The molecular weight excluding hydrogens is 566 g/mol. The van der Waals surface area contributed by atoms with E-state index < -0.39 is 34.1 Å². The van der Waals surface area contributed by atoms with Crippen LogP contribution in [-0.2, 0) is 26.2 Å². The molecule has 0 aromatic heterocycles. The zero-order valence-corrected chi connectivity index (χ0v) is 25.6. The molecule has 0 aliphatic carbocycles. The molecule has 0 saturated heterocycles. The minimum absolute atomic E-state index is 0.0380. The first-order chi connectivity index (χ1) is 19.2. The van der Waals surface area contributed by atoms with E-state index >= 15 is 0 Å². The molecule has 0 radical (unpaired) electrons. The van der Waals surface area contributed by atoms with Crippen LogP contribution < -0.4 is 19.1 Å². The second-order valence-corrected chi connectivity index (χ2v) is 12.8. The molecule has 0 heterocycles. The van der Waals surface area contributed by atoms with E-state index in [1.807, 2.05) is 20.8 Å². The lowest BCUT2D eigenvalue weighted by Crippen LogP contribution is -2.54. The standard InChI is InChI=1S/C30H36ClN3O6S/c1-21(29(36)32-30(2,3)4)33(19-22-9-7-12-26(17-22)40-6)28(35)20-34(24-11-8-10-23(31)18-24)41(37,38)27-15-13-25(39-5)14-16-27/h7-18,21H,19-20H2,1-6H3,(H,32,36)/t21-/m1/s1. The summed E-state index contributed by atoms with van der Waals surface area (Å²) in [5.74, 6) is 0.115. The van der Waals surface area contributed by atoms with Gasteiger partial charge in [-0.1, -0.05) is 29.8 Å². The van der Waals surface area contributed by atoms with Crippen molar-refractivity contribution in [2.75, 3.05) is 25.1 Å². The third-order valence-electron chi connectivity index (χ3n) is 6.18. The molecular formula is C30H36ClN3O6S. The van der Waals surface area contributed by atoms with E-state index in [1.54, 1.807) is 49.4 Å². The molecule has 220 valence electrons. The molecule has 3 aromatic rings. The molecule has 0 bridgehead atoms. The number of carbonyl (C=O) groups is 2. The van der Waals surface area contributed by atoms with Crippen molar-refractivity contribution in [1.82, 2.24) is 10.2 Å². The molecule has 11 heteroatoms. The summed E-state index contributed by atoms with van der Waals surface area (Å²) in [6.07, 6.45) is 0. The fraction of sp³-hybridized carbons (Fsp3) is 0.333. The number of nitrogens with zero attached hydrogens (tertiary/aromatic N) is 2. The van der Waals surface area contributed by atoms with Crippen LogP contribution in [0.25, 0.3) is 0 Å². The Morgan fingerprint density at radius 1 is 0.927 bits per heavy atom. The van der Waals surface area contributed by atoms with Crippen LogP contribution in [0.1, 0.15) is 33.3 Å². The second kappa shape index (κ2) is 13.3. The van der Waals surface area contributed by atoms with Gasteiger partial charge in [-0.15, -0.1) is 0 Å². The Balaban J connectivity index is 2.05. The first-order valence-electron chi connectivity index (χ1n) is 12.9. The number of methoxy groups -OCH3 is 2. The van der Waals surface area contributed by atoms with Crippen molar-refractivity contribution in [2.45, 2.75) is 50.7 Å². The number of benzene rings is 3. The Morgan fingerprint density at radius 2 is 1.56 bits per heavy atom. The van der Waals surface area contributed by atoms with Crippen LogP contribution in [0.15, 0.2) is 77.7 Å². The van der Waals surface area contributed by atoms with E-state index in [4.69, 9.17) is 21.1 Å². The molecule has 3 rings (SSSR count). The number of amides is 2. The van der Waals surface area contributed by atoms with Gasteiger partial charge in [-0.2, -0.15) is 0 Å². The van der Waals surface area contributed by atoms with Crippen LogP contribution in [0.5, 0.6) is 11.5 Å². The Morgan fingerprint density at radius 3 is 2.15 bits per heavy atom. The maximum absolute atomic E-state index is 14.0. The largest absolute Gasteiger partial charge is 0.497 e. The van der Waals surface area contributed by atoms with Gasteiger partial charge in [0, 0.05) is 17.1 Å². The SMILES string of the molecule is COc1ccc(S(=O)(=O)N(CC(=O)N(Cc2cccc(OC)c2)[C@H](C)C(=O)NC(C)(C)C)c2cccc(Cl)c2)cc1. The van der Waals surface area contributed by atoms with Gasteiger partial charge in [0.05, 0.1) is 24.8 Å². The van der Waals surface area contributed by atoms with Crippen molar-refractivity contribution < 1.29 is 27.5 Å². The Kier molecular flexibility index (Phi) is 10.3. The maximum Gasteiger partial charge on any atom is 0.264 e. The van der Waals surface area contributed by atoms with E-state index in [0.717, 1.165) is 4.31 Å². The molecule has 1 atom stereocenters. The zero-order valence-electron chi connectivity index (χ0n) is 24.0. The van der Waals surface area contributed by atoms with Gasteiger partial charge in [0.15, 0.2) is 0 Å². The van der Waals surface area contributed by atoms with Crippen molar-refractivity contribution >= 4 is 39.1 Å². The van der Waals surface area contributed by atoms with E-state index in [-0.39, 0.29) is 23.0 Å². The molecule has 41 heavy (non-hydrogen) atoms. The minimum Gasteiger partial charge on any atom is -0.497 e. The number of hydrogen-bond donors (Lipinski definition) is 1. The molecule has 0 aliphatic heterocycles. The molecule has 9 nitrogen and oxygen atoms in total. The van der Waals surface area contributed by atoms with Gasteiger partial charge in [-0.3, -0.25) is 13.9 Å². The van der Waals surface area contributed by atoms with Gasteiger partial charge in [0.25, 0.3) is 10.0 Å². The van der Waals surface area contributed by atoms with Crippen LogP contribution >= 0.6 is 11.6 Å². The van der Waals surface area contributed by atoms with Crippen molar-refractivity contribution in [1.29, 1.82) is 0 Å². The smallest absolute Gasteiger partial charge is 0.264 e. The summed E-state index contributed by atoms with van der Waals surface area (Å²) in [5.41, 5.74) is 0.371. The van der Waals surface area contributed by atoms with Gasteiger partial charge in [0.2, 0.25) is 11.8 Å². The first kappa shape index (κ1) is 31.8. The van der Waals surface area contributed by atoms with Crippen molar-refractivity contribution in [3.8, 4) is 11.5 Å². The van der Waals surface area contributed by atoms with Crippen LogP contribution in [-0.4, -0.2) is 57.5 Å². The normalized spacial score (nSPS) is 12.3. The molecule has 0 unspecified atom stereocenters. The number of nitrogens with one attached hydrogen (secondary N) is 1. The third-order valence-corrected chi connectivity index (χ3v) is 8.20. The van der Waals surface area contributed by atoms with Gasteiger partial charge in [0.1, 0.15) is 24.1 Å². The van der Waals surface area contributed by atoms with Crippen LogP contribution in [0.4, 0.5) is 5.69 Å². The summed E-state index contributed by atoms with van der Waals surface area (Å²) < 4.78 is 39.3. The highest BCUT2D eigenvalue weighted by molar-refractivity contribution is 7.92. The van der Waals surface area contributed by atoms with Crippen molar-refractivity contribution in [3.63, 3.8) is 0 Å². The van der Waals surface area contributed by atoms with Gasteiger partial charge in [-0.05, 0) is 87.9 Å².